The first-order valence-electron chi connectivity index (χ1n) is 9.51. The van der Waals surface area contributed by atoms with Crippen molar-refractivity contribution in [2.75, 3.05) is 43.4 Å². The standard InChI is InChI=1S/C21H25F2N3O/c22-16-2-6-19(7-3-16)27-14-15-1-5-18-13-26(10-9-25(18)12-15)21-8-4-17(23)11-20(21)24/h2-4,6-8,11,15,18H,1,5,9-10,12-14,24H2. The van der Waals surface area contributed by atoms with Gasteiger partial charge >= 0.3 is 0 Å². The van der Waals surface area contributed by atoms with Gasteiger partial charge in [-0.15, -0.1) is 0 Å². The monoisotopic (exact) mass is 373 g/mol. The zero-order chi connectivity index (χ0) is 18.8. The Labute approximate surface area is 158 Å². The van der Waals surface area contributed by atoms with Gasteiger partial charge in [-0.3, -0.25) is 4.90 Å². The van der Waals surface area contributed by atoms with Gasteiger partial charge in [0.2, 0.25) is 0 Å². The van der Waals surface area contributed by atoms with Crippen LogP contribution in [0.15, 0.2) is 42.5 Å². The SMILES string of the molecule is Nc1cc(F)ccc1N1CCN2CC(COc3ccc(F)cc3)CCC2C1. The van der Waals surface area contributed by atoms with E-state index in [1.807, 2.05) is 0 Å². The summed E-state index contributed by atoms with van der Waals surface area (Å²) >= 11 is 0. The van der Waals surface area contributed by atoms with Crippen LogP contribution in [0.5, 0.6) is 5.75 Å². The van der Waals surface area contributed by atoms with E-state index >= 15 is 0 Å². The molecule has 0 aliphatic carbocycles. The van der Waals surface area contributed by atoms with Gasteiger partial charge < -0.3 is 15.4 Å². The van der Waals surface area contributed by atoms with Crippen molar-refractivity contribution in [3.63, 3.8) is 0 Å². The van der Waals surface area contributed by atoms with Gasteiger partial charge in [-0.2, -0.15) is 0 Å². The number of hydrogen-bond donors (Lipinski definition) is 1. The fourth-order valence-electron chi connectivity index (χ4n) is 4.17. The molecule has 2 aromatic carbocycles. The highest BCUT2D eigenvalue weighted by Gasteiger charge is 2.33. The molecular formula is C21H25F2N3O. The first-order valence-corrected chi connectivity index (χ1v) is 9.51. The van der Waals surface area contributed by atoms with E-state index in [2.05, 4.69) is 9.80 Å². The summed E-state index contributed by atoms with van der Waals surface area (Å²) in [6.45, 7) is 4.44. The van der Waals surface area contributed by atoms with Gasteiger partial charge in [-0.05, 0) is 55.3 Å². The number of rotatable bonds is 4. The Hall–Kier alpha value is -2.34. The Morgan fingerprint density at radius 1 is 0.963 bits per heavy atom. The summed E-state index contributed by atoms with van der Waals surface area (Å²) in [5, 5.41) is 0. The zero-order valence-corrected chi connectivity index (χ0v) is 15.3. The smallest absolute Gasteiger partial charge is 0.125 e. The maximum atomic E-state index is 13.3. The van der Waals surface area contributed by atoms with Crippen molar-refractivity contribution in [1.29, 1.82) is 0 Å². The van der Waals surface area contributed by atoms with Crippen LogP contribution < -0.4 is 15.4 Å². The van der Waals surface area contributed by atoms with Crippen LogP contribution in [0.1, 0.15) is 12.8 Å². The number of nitrogens with zero attached hydrogens (tertiary/aromatic N) is 2. The van der Waals surface area contributed by atoms with E-state index in [1.54, 1.807) is 18.2 Å². The number of piperazine rings is 1. The van der Waals surface area contributed by atoms with Gasteiger partial charge in [-0.1, -0.05) is 0 Å². The summed E-state index contributed by atoms with van der Waals surface area (Å²) < 4.78 is 32.1. The molecule has 2 N–H and O–H groups in total. The topological polar surface area (TPSA) is 41.7 Å². The molecule has 2 aliphatic heterocycles. The average Bonchev–Trinajstić information content (AvgIpc) is 2.67. The van der Waals surface area contributed by atoms with Crippen molar-refractivity contribution >= 4 is 11.4 Å². The summed E-state index contributed by atoms with van der Waals surface area (Å²) in [6, 6.07) is 11.3. The first-order chi connectivity index (χ1) is 13.1. The van der Waals surface area contributed by atoms with Crippen molar-refractivity contribution in [1.82, 2.24) is 4.90 Å². The van der Waals surface area contributed by atoms with Crippen LogP contribution >= 0.6 is 0 Å². The second kappa shape index (κ2) is 7.72. The molecule has 2 fully saturated rings. The molecule has 4 nitrogen and oxygen atoms in total. The highest BCUT2D eigenvalue weighted by Crippen LogP contribution is 2.31. The average molecular weight is 373 g/mol. The normalized spacial score (nSPS) is 23.1. The molecule has 27 heavy (non-hydrogen) atoms. The number of fused-ring (bicyclic) bond motifs is 1. The third-order valence-corrected chi connectivity index (χ3v) is 5.64. The molecule has 6 heteroatoms. The van der Waals surface area contributed by atoms with Crippen LogP contribution in [0.4, 0.5) is 20.2 Å². The van der Waals surface area contributed by atoms with Crippen LogP contribution in [-0.4, -0.2) is 43.7 Å². The molecule has 2 heterocycles. The predicted molar refractivity (Wildman–Crippen MR) is 103 cm³/mol. The Bertz CT molecular complexity index is 783. The maximum absolute atomic E-state index is 13.3. The molecule has 2 aromatic rings. The minimum atomic E-state index is -0.295. The number of piperidine rings is 1. The van der Waals surface area contributed by atoms with Crippen molar-refractivity contribution in [3.05, 3.63) is 54.1 Å². The van der Waals surface area contributed by atoms with E-state index < -0.39 is 0 Å². The third-order valence-electron chi connectivity index (χ3n) is 5.64. The molecule has 0 amide bonds. The van der Waals surface area contributed by atoms with Gasteiger partial charge in [0.25, 0.3) is 0 Å². The number of nitrogen functional groups attached to an aromatic ring is 1. The number of benzene rings is 2. The molecule has 0 radical (unpaired) electrons. The fourth-order valence-corrected chi connectivity index (χ4v) is 4.17. The van der Waals surface area contributed by atoms with E-state index in [9.17, 15) is 8.78 Å². The number of hydrogen-bond acceptors (Lipinski definition) is 4. The van der Waals surface area contributed by atoms with Crippen LogP contribution in [0.25, 0.3) is 0 Å². The molecule has 144 valence electrons. The van der Waals surface area contributed by atoms with Crippen LogP contribution in [0.2, 0.25) is 0 Å². The fraction of sp³-hybridized carbons (Fsp3) is 0.429. The largest absolute Gasteiger partial charge is 0.493 e. The van der Waals surface area contributed by atoms with Gasteiger partial charge in [0.05, 0.1) is 18.0 Å². The Morgan fingerprint density at radius 2 is 1.74 bits per heavy atom. The molecule has 2 atom stereocenters. The lowest BCUT2D eigenvalue weighted by Crippen LogP contribution is -2.57. The number of nitrogens with two attached hydrogens (primary N) is 1. The third kappa shape index (κ3) is 4.16. The van der Waals surface area contributed by atoms with E-state index in [1.165, 1.54) is 24.3 Å². The van der Waals surface area contributed by atoms with Crippen molar-refractivity contribution in [3.8, 4) is 5.75 Å². The minimum absolute atomic E-state index is 0.248. The second-order valence-electron chi connectivity index (χ2n) is 7.51. The molecule has 0 spiro atoms. The summed E-state index contributed by atoms with van der Waals surface area (Å²) in [6.07, 6.45) is 2.21. The Morgan fingerprint density at radius 3 is 2.52 bits per heavy atom. The second-order valence-corrected chi connectivity index (χ2v) is 7.51. The predicted octanol–water partition coefficient (Wildman–Crippen LogP) is 3.53. The summed E-state index contributed by atoms with van der Waals surface area (Å²) in [5.41, 5.74) is 7.44. The molecular weight excluding hydrogens is 348 g/mol. The van der Waals surface area contributed by atoms with Gasteiger partial charge in [0.15, 0.2) is 0 Å². The molecule has 2 saturated heterocycles. The summed E-state index contributed by atoms with van der Waals surface area (Å²) in [7, 11) is 0. The lowest BCUT2D eigenvalue weighted by atomic mass is 9.91. The minimum Gasteiger partial charge on any atom is -0.493 e. The van der Waals surface area contributed by atoms with E-state index in [-0.39, 0.29) is 11.6 Å². The summed E-state index contributed by atoms with van der Waals surface area (Å²) in [4.78, 5) is 4.80. The van der Waals surface area contributed by atoms with Crippen molar-refractivity contribution in [2.45, 2.75) is 18.9 Å². The van der Waals surface area contributed by atoms with Crippen LogP contribution in [0.3, 0.4) is 0 Å². The van der Waals surface area contributed by atoms with Gasteiger partial charge in [-0.25, -0.2) is 8.78 Å². The van der Waals surface area contributed by atoms with Crippen LogP contribution in [-0.2, 0) is 0 Å². The van der Waals surface area contributed by atoms with Crippen molar-refractivity contribution < 1.29 is 13.5 Å². The Kier molecular flexibility index (Phi) is 5.16. The van der Waals surface area contributed by atoms with E-state index in [0.717, 1.165) is 50.5 Å². The van der Waals surface area contributed by atoms with Gasteiger partial charge in [0.1, 0.15) is 17.4 Å². The summed E-state index contributed by atoms with van der Waals surface area (Å²) in [5.74, 6) is 0.656. The molecule has 0 bridgehead atoms. The van der Waals surface area contributed by atoms with Crippen LogP contribution in [0, 0.1) is 17.6 Å². The molecule has 4 rings (SSSR count). The molecule has 2 unspecified atom stereocenters. The highest BCUT2D eigenvalue weighted by molar-refractivity contribution is 5.67. The quantitative estimate of drug-likeness (QED) is 0.833. The number of halogens is 2. The highest BCUT2D eigenvalue weighted by atomic mass is 19.1. The maximum Gasteiger partial charge on any atom is 0.125 e. The molecule has 2 aliphatic rings. The molecule has 0 aromatic heterocycles. The lowest BCUT2D eigenvalue weighted by Gasteiger charge is -2.47. The Balaban J connectivity index is 1.31. The lowest BCUT2D eigenvalue weighted by molar-refractivity contribution is 0.0730. The van der Waals surface area contributed by atoms with Gasteiger partial charge in [0, 0.05) is 38.1 Å². The number of ether oxygens (including phenoxy) is 1. The zero-order valence-electron chi connectivity index (χ0n) is 15.3. The van der Waals surface area contributed by atoms with E-state index in [4.69, 9.17) is 10.5 Å². The molecule has 0 saturated carbocycles. The van der Waals surface area contributed by atoms with E-state index in [0.29, 0.717) is 24.3 Å². The first kappa shape index (κ1) is 18.0. The van der Waals surface area contributed by atoms with Crippen molar-refractivity contribution in [2.24, 2.45) is 5.92 Å². The number of anilines is 2.